The fourth-order valence-electron chi connectivity index (χ4n) is 1.40. The molecule has 2 nitrogen and oxygen atoms in total. The molecule has 74 valence electrons. The fourth-order valence-corrected chi connectivity index (χ4v) is 1.40. The van der Waals surface area contributed by atoms with Crippen molar-refractivity contribution in [2.45, 2.75) is 45.4 Å². The third kappa shape index (κ3) is 6.62. The van der Waals surface area contributed by atoms with Gasteiger partial charge in [-0.05, 0) is 31.7 Å². The van der Waals surface area contributed by atoms with Gasteiger partial charge in [0, 0.05) is 6.61 Å². The van der Waals surface area contributed by atoms with Crippen LogP contribution < -0.4 is 5.73 Å². The highest BCUT2D eigenvalue weighted by atomic mass is 16.3. The van der Waals surface area contributed by atoms with E-state index in [1.54, 1.807) is 0 Å². The van der Waals surface area contributed by atoms with Crippen molar-refractivity contribution in [3.05, 3.63) is 0 Å². The standard InChI is InChI=1S/C10H23NO/c1-2-3-6-10(9-12)7-4-5-8-11/h10,12H,2-9,11H2,1H3. The van der Waals surface area contributed by atoms with Crippen molar-refractivity contribution in [2.24, 2.45) is 11.7 Å². The second-order valence-electron chi connectivity index (χ2n) is 3.48. The van der Waals surface area contributed by atoms with Gasteiger partial charge >= 0.3 is 0 Å². The SMILES string of the molecule is CCCCC(CO)CCCCN. The average Bonchev–Trinajstić information content (AvgIpc) is 2.11. The van der Waals surface area contributed by atoms with Gasteiger partial charge in [-0.25, -0.2) is 0 Å². The van der Waals surface area contributed by atoms with Gasteiger partial charge in [-0.1, -0.05) is 26.2 Å². The summed E-state index contributed by atoms with van der Waals surface area (Å²) >= 11 is 0. The van der Waals surface area contributed by atoms with Gasteiger partial charge in [0.15, 0.2) is 0 Å². The fraction of sp³-hybridized carbons (Fsp3) is 1.00. The summed E-state index contributed by atoms with van der Waals surface area (Å²) in [6.45, 7) is 3.32. The lowest BCUT2D eigenvalue weighted by Gasteiger charge is -2.12. The highest BCUT2D eigenvalue weighted by Crippen LogP contribution is 2.14. The molecule has 0 aromatic rings. The summed E-state index contributed by atoms with van der Waals surface area (Å²) in [5.74, 6) is 0.525. The molecular weight excluding hydrogens is 150 g/mol. The van der Waals surface area contributed by atoms with Crippen molar-refractivity contribution >= 4 is 0 Å². The van der Waals surface area contributed by atoms with Crippen molar-refractivity contribution in [3.63, 3.8) is 0 Å². The van der Waals surface area contributed by atoms with Gasteiger partial charge in [0.05, 0.1) is 0 Å². The topological polar surface area (TPSA) is 46.2 Å². The van der Waals surface area contributed by atoms with Crippen LogP contribution >= 0.6 is 0 Å². The first-order valence-electron chi connectivity index (χ1n) is 5.16. The van der Waals surface area contributed by atoms with E-state index in [1.165, 1.54) is 25.7 Å². The number of rotatable bonds is 8. The molecule has 0 heterocycles. The number of hydrogen-bond donors (Lipinski definition) is 2. The molecule has 0 aliphatic rings. The second-order valence-corrected chi connectivity index (χ2v) is 3.48. The summed E-state index contributed by atoms with van der Waals surface area (Å²) in [6.07, 6.45) is 7.07. The van der Waals surface area contributed by atoms with E-state index in [1.807, 2.05) is 0 Å². The molecule has 0 fully saturated rings. The van der Waals surface area contributed by atoms with Gasteiger partial charge in [0.2, 0.25) is 0 Å². The quantitative estimate of drug-likeness (QED) is 0.551. The van der Waals surface area contributed by atoms with Crippen LogP contribution in [0.25, 0.3) is 0 Å². The third-order valence-corrected chi connectivity index (χ3v) is 2.29. The van der Waals surface area contributed by atoms with E-state index >= 15 is 0 Å². The number of hydrogen-bond acceptors (Lipinski definition) is 2. The molecule has 12 heavy (non-hydrogen) atoms. The van der Waals surface area contributed by atoms with Gasteiger partial charge in [-0.15, -0.1) is 0 Å². The molecule has 0 spiro atoms. The van der Waals surface area contributed by atoms with Crippen molar-refractivity contribution in [1.29, 1.82) is 0 Å². The Morgan fingerprint density at radius 2 is 1.83 bits per heavy atom. The Balaban J connectivity index is 3.26. The number of aliphatic hydroxyl groups is 1. The van der Waals surface area contributed by atoms with E-state index in [0.717, 1.165) is 19.4 Å². The maximum absolute atomic E-state index is 9.02. The summed E-state index contributed by atoms with van der Waals surface area (Å²) in [5.41, 5.74) is 5.39. The molecule has 2 heteroatoms. The Labute approximate surface area is 76.2 Å². The van der Waals surface area contributed by atoms with E-state index in [4.69, 9.17) is 10.8 Å². The van der Waals surface area contributed by atoms with Crippen LogP contribution in [-0.2, 0) is 0 Å². The van der Waals surface area contributed by atoms with Gasteiger partial charge in [0.25, 0.3) is 0 Å². The van der Waals surface area contributed by atoms with Crippen LogP contribution in [0.3, 0.4) is 0 Å². The smallest absolute Gasteiger partial charge is 0.0459 e. The molecule has 0 amide bonds. The lowest BCUT2D eigenvalue weighted by atomic mass is 9.97. The molecule has 0 aliphatic carbocycles. The molecular formula is C10H23NO. The van der Waals surface area contributed by atoms with Crippen molar-refractivity contribution in [2.75, 3.05) is 13.2 Å². The molecule has 0 bridgehead atoms. The van der Waals surface area contributed by atoms with Crippen LogP contribution in [0, 0.1) is 5.92 Å². The molecule has 0 rings (SSSR count). The summed E-state index contributed by atoms with van der Waals surface area (Å²) < 4.78 is 0. The van der Waals surface area contributed by atoms with Gasteiger partial charge in [0.1, 0.15) is 0 Å². The van der Waals surface area contributed by atoms with E-state index < -0.39 is 0 Å². The molecule has 0 radical (unpaired) electrons. The molecule has 0 saturated carbocycles. The van der Waals surface area contributed by atoms with E-state index in [-0.39, 0.29) is 0 Å². The Hall–Kier alpha value is -0.0800. The molecule has 0 saturated heterocycles. The van der Waals surface area contributed by atoms with Crippen LogP contribution in [0.1, 0.15) is 45.4 Å². The molecule has 0 aliphatic heterocycles. The van der Waals surface area contributed by atoms with Crippen LogP contribution in [0.2, 0.25) is 0 Å². The Morgan fingerprint density at radius 1 is 1.17 bits per heavy atom. The van der Waals surface area contributed by atoms with Crippen molar-refractivity contribution in [3.8, 4) is 0 Å². The maximum atomic E-state index is 9.02. The largest absolute Gasteiger partial charge is 0.396 e. The average molecular weight is 173 g/mol. The predicted molar refractivity (Wildman–Crippen MR) is 53.0 cm³/mol. The van der Waals surface area contributed by atoms with Gasteiger partial charge < -0.3 is 10.8 Å². The first-order valence-corrected chi connectivity index (χ1v) is 5.16. The Bertz CT molecular complexity index is 85.9. The summed E-state index contributed by atoms with van der Waals surface area (Å²) in [7, 11) is 0. The predicted octanol–water partition coefficient (Wildman–Crippen LogP) is 1.91. The molecule has 1 atom stereocenters. The lowest BCUT2D eigenvalue weighted by Crippen LogP contribution is -2.07. The van der Waals surface area contributed by atoms with E-state index in [0.29, 0.717) is 12.5 Å². The van der Waals surface area contributed by atoms with Gasteiger partial charge in [-0.2, -0.15) is 0 Å². The van der Waals surface area contributed by atoms with Crippen molar-refractivity contribution in [1.82, 2.24) is 0 Å². The zero-order valence-corrected chi connectivity index (χ0v) is 8.26. The first kappa shape index (κ1) is 11.9. The minimum absolute atomic E-state index is 0.352. The van der Waals surface area contributed by atoms with E-state index in [2.05, 4.69) is 6.92 Å². The zero-order chi connectivity index (χ0) is 9.23. The summed E-state index contributed by atoms with van der Waals surface area (Å²) in [4.78, 5) is 0. The van der Waals surface area contributed by atoms with E-state index in [9.17, 15) is 0 Å². The number of nitrogens with two attached hydrogens (primary N) is 1. The monoisotopic (exact) mass is 173 g/mol. The van der Waals surface area contributed by atoms with Crippen LogP contribution in [0.5, 0.6) is 0 Å². The van der Waals surface area contributed by atoms with Crippen LogP contribution in [0.15, 0.2) is 0 Å². The van der Waals surface area contributed by atoms with Crippen LogP contribution in [0.4, 0.5) is 0 Å². The van der Waals surface area contributed by atoms with Crippen LogP contribution in [-0.4, -0.2) is 18.3 Å². The van der Waals surface area contributed by atoms with Crippen molar-refractivity contribution < 1.29 is 5.11 Å². The highest BCUT2D eigenvalue weighted by molar-refractivity contribution is 4.58. The zero-order valence-electron chi connectivity index (χ0n) is 8.26. The Morgan fingerprint density at radius 3 is 2.33 bits per heavy atom. The maximum Gasteiger partial charge on any atom is 0.0459 e. The Kier molecular flexibility index (Phi) is 8.95. The minimum atomic E-state index is 0.352. The normalized spacial score (nSPS) is 13.2. The molecule has 0 aromatic carbocycles. The molecule has 1 unspecified atom stereocenters. The first-order chi connectivity index (χ1) is 5.85. The molecule has 0 aromatic heterocycles. The third-order valence-electron chi connectivity index (χ3n) is 2.29. The minimum Gasteiger partial charge on any atom is -0.396 e. The highest BCUT2D eigenvalue weighted by Gasteiger charge is 2.05. The number of aliphatic hydroxyl groups excluding tert-OH is 1. The molecule has 3 N–H and O–H groups in total. The second kappa shape index (κ2) is 9.01. The summed E-state index contributed by atoms with van der Waals surface area (Å²) in [5, 5.41) is 9.02. The lowest BCUT2D eigenvalue weighted by molar-refractivity contribution is 0.205. The summed E-state index contributed by atoms with van der Waals surface area (Å²) in [6, 6.07) is 0. The van der Waals surface area contributed by atoms with Gasteiger partial charge in [-0.3, -0.25) is 0 Å². The number of unbranched alkanes of at least 4 members (excludes halogenated alkanes) is 2.